The Morgan fingerprint density at radius 3 is 2.68 bits per heavy atom. The molecule has 3 heterocycles. The third-order valence-electron chi connectivity index (χ3n) is 5.66. The second-order valence-electron chi connectivity index (χ2n) is 7.47. The van der Waals surface area contributed by atoms with E-state index in [2.05, 4.69) is 32.3 Å². The number of nitrogens with one attached hydrogen (secondary N) is 2. The summed E-state index contributed by atoms with van der Waals surface area (Å²) in [5, 5.41) is 13.6. The molecule has 3 aliphatic rings. The minimum Gasteiger partial charge on any atom is -0.490 e. The van der Waals surface area contributed by atoms with Gasteiger partial charge in [-0.25, -0.2) is 0 Å². The fraction of sp³-hybridized carbons (Fsp3) is 0.762. The largest absolute Gasteiger partial charge is 0.490 e. The third kappa shape index (κ3) is 5.87. The Morgan fingerprint density at radius 2 is 2.07 bits per heavy atom. The molecule has 0 atom stereocenters. The molecule has 2 fully saturated rings. The van der Waals surface area contributed by atoms with Crippen molar-refractivity contribution < 1.29 is 9.84 Å². The van der Waals surface area contributed by atoms with Gasteiger partial charge in [-0.05, 0) is 52.5 Å². The van der Waals surface area contributed by atoms with E-state index in [1.165, 1.54) is 50.7 Å². The summed E-state index contributed by atoms with van der Waals surface area (Å²) in [7, 11) is 4.52. The maximum atomic E-state index is 7.00. The second-order valence-corrected chi connectivity index (χ2v) is 7.47. The number of aliphatic hydroxyl groups is 1. The molecule has 7 heteroatoms. The van der Waals surface area contributed by atoms with Crippen molar-refractivity contribution in [3.05, 3.63) is 23.5 Å². The Morgan fingerprint density at radius 1 is 1.36 bits per heavy atom. The first-order valence-corrected chi connectivity index (χ1v) is 10.0. The van der Waals surface area contributed by atoms with Gasteiger partial charge in [0.1, 0.15) is 5.75 Å². The molecule has 0 aromatic carbocycles. The summed E-state index contributed by atoms with van der Waals surface area (Å²) in [6.07, 6.45) is 6.99. The van der Waals surface area contributed by atoms with E-state index in [4.69, 9.17) is 9.84 Å². The summed E-state index contributed by atoms with van der Waals surface area (Å²) in [5.74, 6) is 1.08. The van der Waals surface area contributed by atoms with Crippen LogP contribution in [0.3, 0.4) is 0 Å². The van der Waals surface area contributed by atoms with Gasteiger partial charge in [-0.2, -0.15) is 0 Å². The molecular weight excluding hydrogens is 354 g/mol. The van der Waals surface area contributed by atoms with E-state index in [9.17, 15) is 0 Å². The van der Waals surface area contributed by atoms with Gasteiger partial charge < -0.3 is 26.2 Å². The van der Waals surface area contributed by atoms with Crippen molar-refractivity contribution in [1.29, 1.82) is 0 Å². The SMILES string of the molecule is C.CN.CNCCCN1CCc2nccc(OC3CC4(CNC4)C3)c2C1.CO. The van der Waals surface area contributed by atoms with Gasteiger partial charge in [0.15, 0.2) is 0 Å². The molecule has 0 radical (unpaired) electrons. The van der Waals surface area contributed by atoms with Crippen LogP contribution >= 0.6 is 0 Å². The van der Waals surface area contributed by atoms with Crippen LogP contribution < -0.4 is 21.1 Å². The molecule has 5 N–H and O–H groups in total. The van der Waals surface area contributed by atoms with Gasteiger partial charge in [0.2, 0.25) is 0 Å². The minimum absolute atomic E-state index is 0. The number of rotatable bonds is 6. The van der Waals surface area contributed by atoms with Crippen molar-refractivity contribution in [2.75, 3.05) is 53.9 Å². The fourth-order valence-corrected chi connectivity index (χ4v) is 4.18. The van der Waals surface area contributed by atoms with Crippen LogP contribution in [0.15, 0.2) is 12.3 Å². The molecule has 0 amide bonds. The molecule has 1 aromatic heterocycles. The summed E-state index contributed by atoms with van der Waals surface area (Å²) < 4.78 is 6.35. The zero-order chi connectivity index (χ0) is 19.7. The molecule has 4 rings (SSSR count). The number of hydrogen-bond donors (Lipinski definition) is 4. The van der Waals surface area contributed by atoms with Crippen molar-refractivity contribution in [2.24, 2.45) is 11.1 Å². The average Bonchev–Trinajstić information content (AvgIpc) is 2.66. The topological polar surface area (TPSA) is 95.7 Å². The van der Waals surface area contributed by atoms with Gasteiger partial charge >= 0.3 is 0 Å². The van der Waals surface area contributed by atoms with Crippen molar-refractivity contribution in [2.45, 2.75) is 45.8 Å². The highest BCUT2D eigenvalue weighted by Gasteiger charge is 2.49. The van der Waals surface area contributed by atoms with Crippen LogP contribution in [0, 0.1) is 5.41 Å². The minimum atomic E-state index is 0. The van der Waals surface area contributed by atoms with Crippen LogP contribution in [0.1, 0.15) is 37.9 Å². The highest BCUT2D eigenvalue weighted by molar-refractivity contribution is 5.37. The zero-order valence-electron chi connectivity index (χ0n) is 17.1. The van der Waals surface area contributed by atoms with Crippen LogP contribution in [-0.2, 0) is 13.0 Å². The number of nitrogens with zero attached hydrogens (tertiary/aromatic N) is 2. The van der Waals surface area contributed by atoms with E-state index in [-0.39, 0.29) is 7.43 Å². The number of aliphatic hydroxyl groups excluding tert-OH is 1. The molecule has 1 spiro atoms. The van der Waals surface area contributed by atoms with Gasteiger partial charge in [-0.3, -0.25) is 9.88 Å². The number of fused-ring (bicyclic) bond motifs is 1. The highest BCUT2D eigenvalue weighted by atomic mass is 16.5. The number of hydrogen-bond acceptors (Lipinski definition) is 7. The Kier molecular flexibility index (Phi) is 10.9. The lowest BCUT2D eigenvalue weighted by Gasteiger charge is -2.53. The monoisotopic (exact) mass is 395 g/mol. The fourth-order valence-electron chi connectivity index (χ4n) is 4.18. The van der Waals surface area contributed by atoms with Crippen LogP contribution in [0.25, 0.3) is 0 Å². The third-order valence-corrected chi connectivity index (χ3v) is 5.66. The predicted octanol–water partition coefficient (Wildman–Crippen LogP) is 1.000. The summed E-state index contributed by atoms with van der Waals surface area (Å²) in [6.45, 7) is 6.69. The standard InChI is InChI=1S/C18H28N4O.CH5N.CH4O.CH4/c1-19-5-2-7-22-8-4-16-15(11-22)17(3-6-21-16)23-14-9-18(10-14)12-20-13-18;2*1-2;/h3,6,14,19-20H,2,4-5,7-13H2,1H3;2H2,1H3;2H,1H3;1H4. The lowest BCUT2D eigenvalue weighted by Crippen LogP contribution is -2.62. The van der Waals surface area contributed by atoms with E-state index in [1.807, 2.05) is 13.2 Å². The van der Waals surface area contributed by atoms with Crippen molar-refractivity contribution in [1.82, 2.24) is 20.5 Å². The van der Waals surface area contributed by atoms with E-state index in [0.717, 1.165) is 45.5 Å². The summed E-state index contributed by atoms with van der Waals surface area (Å²) in [5.41, 5.74) is 7.64. The van der Waals surface area contributed by atoms with Gasteiger partial charge in [0.05, 0.1) is 6.10 Å². The van der Waals surface area contributed by atoms with Crippen LogP contribution in [0.5, 0.6) is 5.75 Å². The molecule has 1 saturated carbocycles. The number of pyridine rings is 1. The maximum Gasteiger partial charge on any atom is 0.127 e. The second kappa shape index (κ2) is 12.3. The summed E-state index contributed by atoms with van der Waals surface area (Å²) >= 11 is 0. The first kappa shape index (κ1) is 24.8. The van der Waals surface area contributed by atoms with Crippen LogP contribution in [0.2, 0.25) is 0 Å². The van der Waals surface area contributed by atoms with E-state index in [0.29, 0.717) is 11.5 Å². The smallest absolute Gasteiger partial charge is 0.127 e. The Hall–Kier alpha value is -1.25. The van der Waals surface area contributed by atoms with E-state index >= 15 is 0 Å². The molecular formula is C21H41N5O2. The van der Waals surface area contributed by atoms with E-state index in [1.54, 1.807) is 0 Å². The van der Waals surface area contributed by atoms with Gasteiger partial charge in [-0.1, -0.05) is 7.43 Å². The van der Waals surface area contributed by atoms with Crippen molar-refractivity contribution in [3.8, 4) is 5.75 Å². The molecule has 0 unspecified atom stereocenters. The molecule has 1 saturated heterocycles. The number of aromatic nitrogens is 1. The first-order chi connectivity index (χ1) is 13.3. The first-order valence-electron chi connectivity index (χ1n) is 10.0. The van der Waals surface area contributed by atoms with Gasteiger partial charge in [-0.15, -0.1) is 0 Å². The number of ether oxygens (including phenoxy) is 1. The quantitative estimate of drug-likeness (QED) is 0.534. The predicted molar refractivity (Wildman–Crippen MR) is 116 cm³/mol. The molecule has 2 aliphatic heterocycles. The van der Waals surface area contributed by atoms with Crippen molar-refractivity contribution >= 4 is 0 Å². The van der Waals surface area contributed by atoms with Gasteiger partial charge in [0.25, 0.3) is 0 Å². The Labute approximate surface area is 171 Å². The van der Waals surface area contributed by atoms with Crippen LogP contribution in [-0.4, -0.2) is 75.0 Å². The highest BCUT2D eigenvalue weighted by Crippen LogP contribution is 2.46. The average molecular weight is 396 g/mol. The van der Waals surface area contributed by atoms with Gasteiger partial charge in [0, 0.05) is 62.6 Å². The summed E-state index contributed by atoms with van der Waals surface area (Å²) in [6, 6.07) is 2.07. The number of nitrogens with two attached hydrogens (primary N) is 1. The molecule has 162 valence electrons. The van der Waals surface area contributed by atoms with E-state index < -0.39 is 0 Å². The van der Waals surface area contributed by atoms with Crippen LogP contribution in [0.4, 0.5) is 0 Å². The normalized spacial score (nSPS) is 19.5. The summed E-state index contributed by atoms with van der Waals surface area (Å²) in [4.78, 5) is 7.12. The Bertz CT molecular complexity index is 558. The van der Waals surface area contributed by atoms with Crippen molar-refractivity contribution in [3.63, 3.8) is 0 Å². The molecule has 7 nitrogen and oxygen atoms in total. The lowest BCUT2D eigenvalue weighted by molar-refractivity contribution is -0.0502. The maximum absolute atomic E-state index is 7.00. The molecule has 1 aliphatic carbocycles. The zero-order valence-corrected chi connectivity index (χ0v) is 17.1. The molecule has 0 bridgehead atoms. The lowest BCUT2D eigenvalue weighted by atomic mass is 9.63. The molecule has 28 heavy (non-hydrogen) atoms. The molecule has 1 aromatic rings. The Balaban J connectivity index is 0.000000739.